The van der Waals surface area contributed by atoms with Gasteiger partial charge in [-0.1, -0.05) is 13.8 Å². The van der Waals surface area contributed by atoms with E-state index in [0.29, 0.717) is 12.5 Å². The summed E-state index contributed by atoms with van der Waals surface area (Å²) in [4.78, 5) is 0. The van der Waals surface area contributed by atoms with E-state index < -0.39 is 0 Å². The summed E-state index contributed by atoms with van der Waals surface area (Å²) in [5, 5.41) is 0. The van der Waals surface area contributed by atoms with Crippen LogP contribution in [0.5, 0.6) is 11.5 Å². The van der Waals surface area contributed by atoms with Gasteiger partial charge in [0.15, 0.2) is 0 Å². The molecule has 0 aromatic heterocycles. The largest absolute Gasteiger partial charge is 0.496 e. The van der Waals surface area contributed by atoms with Gasteiger partial charge in [0.1, 0.15) is 11.5 Å². The molecule has 78 valence electrons. The van der Waals surface area contributed by atoms with Gasteiger partial charge in [-0.15, -0.1) is 0 Å². The van der Waals surface area contributed by atoms with E-state index in [1.54, 1.807) is 7.11 Å². The van der Waals surface area contributed by atoms with Crippen LogP contribution >= 0.6 is 0 Å². The third-order valence-electron chi connectivity index (χ3n) is 2.13. The van der Waals surface area contributed by atoms with Crippen molar-refractivity contribution in [2.75, 3.05) is 13.7 Å². The Balaban J connectivity index is 3.01. The molecule has 0 radical (unpaired) electrons. The summed E-state index contributed by atoms with van der Waals surface area (Å²) in [6.07, 6.45) is 0. The Hall–Kier alpha value is -1.18. The quantitative estimate of drug-likeness (QED) is 0.732. The van der Waals surface area contributed by atoms with Gasteiger partial charge in [0, 0.05) is 5.56 Å². The van der Waals surface area contributed by atoms with Crippen LogP contribution in [0, 0.1) is 0 Å². The first-order valence-corrected chi connectivity index (χ1v) is 4.99. The van der Waals surface area contributed by atoms with Crippen molar-refractivity contribution >= 4 is 0 Å². The number of benzene rings is 1. The second-order valence-corrected chi connectivity index (χ2v) is 3.49. The van der Waals surface area contributed by atoms with E-state index in [2.05, 4.69) is 13.8 Å². The molecule has 1 aromatic carbocycles. The SMILES string of the molecule is CCOc1ccc(OC)c(C(C)C)c1. The van der Waals surface area contributed by atoms with E-state index >= 15 is 0 Å². The maximum Gasteiger partial charge on any atom is 0.122 e. The van der Waals surface area contributed by atoms with Crippen LogP contribution in [0.25, 0.3) is 0 Å². The van der Waals surface area contributed by atoms with Crippen molar-refractivity contribution in [3.05, 3.63) is 23.8 Å². The Morgan fingerprint density at radius 3 is 2.50 bits per heavy atom. The molecular weight excluding hydrogens is 176 g/mol. The molecule has 0 saturated carbocycles. The Bertz CT molecular complexity index is 292. The lowest BCUT2D eigenvalue weighted by Crippen LogP contribution is -1.97. The molecule has 0 amide bonds. The van der Waals surface area contributed by atoms with Gasteiger partial charge < -0.3 is 9.47 Å². The summed E-state index contributed by atoms with van der Waals surface area (Å²) in [7, 11) is 1.70. The van der Waals surface area contributed by atoms with E-state index in [1.165, 1.54) is 5.56 Å². The van der Waals surface area contributed by atoms with Crippen molar-refractivity contribution < 1.29 is 9.47 Å². The molecule has 14 heavy (non-hydrogen) atoms. The van der Waals surface area contributed by atoms with Crippen LogP contribution < -0.4 is 9.47 Å². The van der Waals surface area contributed by atoms with Crippen molar-refractivity contribution in [2.45, 2.75) is 26.7 Å². The van der Waals surface area contributed by atoms with Crippen molar-refractivity contribution in [3.63, 3.8) is 0 Å². The smallest absolute Gasteiger partial charge is 0.122 e. The monoisotopic (exact) mass is 194 g/mol. The number of hydrogen-bond acceptors (Lipinski definition) is 2. The highest BCUT2D eigenvalue weighted by molar-refractivity contribution is 5.41. The molecule has 0 unspecified atom stereocenters. The highest BCUT2D eigenvalue weighted by Gasteiger charge is 2.08. The number of hydrogen-bond donors (Lipinski definition) is 0. The van der Waals surface area contributed by atoms with Gasteiger partial charge in [-0.3, -0.25) is 0 Å². The minimum atomic E-state index is 0.449. The molecule has 1 rings (SSSR count). The van der Waals surface area contributed by atoms with E-state index in [9.17, 15) is 0 Å². The molecule has 0 aliphatic carbocycles. The average Bonchev–Trinajstić information content (AvgIpc) is 2.18. The second kappa shape index (κ2) is 4.89. The Morgan fingerprint density at radius 1 is 1.29 bits per heavy atom. The summed E-state index contributed by atoms with van der Waals surface area (Å²) in [5.74, 6) is 2.30. The highest BCUT2D eigenvalue weighted by Crippen LogP contribution is 2.29. The fourth-order valence-electron chi connectivity index (χ4n) is 1.42. The maximum absolute atomic E-state index is 5.44. The molecule has 0 spiro atoms. The van der Waals surface area contributed by atoms with Crippen LogP contribution in [0.2, 0.25) is 0 Å². The third kappa shape index (κ3) is 2.41. The predicted octanol–water partition coefficient (Wildman–Crippen LogP) is 3.22. The van der Waals surface area contributed by atoms with Gasteiger partial charge in [-0.2, -0.15) is 0 Å². The molecule has 0 aliphatic rings. The van der Waals surface area contributed by atoms with Crippen molar-refractivity contribution in [1.29, 1.82) is 0 Å². The molecule has 2 heteroatoms. The summed E-state index contributed by atoms with van der Waals surface area (Å²) in [6, 6.07) is 5.95. The number of rotatable bonds is 4. The lowest BCUT2D eigenvalue weighted by molar-refractivity contribution is 0.338. The molecular formula is C12H18O2. The second-order valence-electron chi connectivity index (χ2n) is 3.49. The number of ether oxygens (including phenoxy) is 2. The van der Waals surface area contributed by atoms with Crippen molar-refractivity contribution in [2.24, 2.45) is 0 Å². The molecule has 0 atom stereocenters. The summed E-state index contributed by atoms with van der Waals surface area (Å²) in [5.41, 5.74) is 1.19. The lowest BCUT2D eigenvalue weighted by atomic mass is 10.0. The fourth-order valence-corrected chi connectivity index (χ4v) is 1.42. The maximum atomic E-state index is 5.44. The first kappa shape index (κ1) is 10.9. The first-order valence-electron chi connectivity index (χ1n) is 4.99. The molecule has 2 nitrogen and oxygen atoms in total. The fraction of sp³-hybridized carbons (Fsp3) is 0.500. The minimum absolute atomic E-state index is 0.449. The summed E-state index contributed by atoms with van der Waals surface area (Å²) >= 11 is 0. The molecule has 1 aromatic rings. The Labute approximate surface area is 85.8 Å². The van der Waals surface area contributed by atoms with Crippen molar-refractivity contribution in [3.8, 4) is 11.5 Å². The zero-order valence-corrected chi connectivity index (χ0v) is 9.33. The van der Waals surface area contributed by atoms with Crippen LogP contribution in [0.15, 0.2) is 18.2 Å². The van der Waals surface area contributed by atoms with Gasteiger partial charge in [-0.25, -0.2) is 0 Å². The van der Waals surface area contributed by atoms with Crippen LogP contribution in [0.3, 0.4) is 0 Å². The van der Waals surface area contributed by atoms with Crippen LogP contribution in [0.4, 0.5) is 0 Å². The van der Waals surface area contributed by atoms with E-state index in [4.69, 9.17) is 9.47 Å². The van der Waals surface area contributed by atoms with Gasteiger partial charge in [0.05, 0.1) is 13.7 Å². The van der Waals surface area contributed by atoms with Crippen LogP contribution in [0.1, 0.15) is 32.3 Å². The normalized spacial score (nSPS) is 10.4. The molecule has 0 N–H and O–H groups in total. The zero-order chi connectivity index (χ0) is 10.6. The van der Waals surface area contributed by atoms with Crippen molar-refractivity contribution in [1.82, 2.24) is 0 Å². The lowest BCUT2D eigenvalue weighted by Gasteiger charge is -2.13. The van der Waals surface area contributed by atoms with Crippen LogP contribution in [-0.4, -0.2) is 13.7 Å². The average molecular weight is 194 g/mol. The summed E-state index contributed by atoms with van der Waals surface area (Å²) in [6.45, 7) is 6.98. The topological polar surface area (TPSA) is 18.5 Å². The highest BCUT2D eigenvalue weighted by atomic mass is 16.5. The third-order valence-corrected chi connectivity index (χ3v) is 2.13. The molecule has 0 bridgehead atoms. The van der Waals surface area contributed by atoms with Gasteiger partial charge in [-0.05, 0) is 31.0 Å². The standard InChI is InChI=1S/C12H18O2/c1-5-14-10-6-7-12(13-4)11(8-10)9(2)3/h6-9H,5H2,1-4H3. The zero-order valence-electron chi connectivity index (χ0n) is 9.33. The van der Waals surface area contributed by atoms with E-state index in [1.807, 2.05) is 25.1 Å². The van der Waals surface area contributed by atoms with Gasteiger partial charge >= 0.3 is 0 Å². The van der Waals surface area contributed by atoms with Gasteiger partial charge in [0.25, 0.3) is 0 Å². The summed E-state index contributed by atoms with van der Waals surface area (Å²) < 4.78 is 10.7. The van der Waals surface area contributed by atoms with Gasteiger partial charge in [0.2, 0.25) is 0 Å². The predicted molar refractivity (Wildman–Crippen MR) is 58.3 cm³/mol. The molecule has 0 aliphatic heterocycles. The molecule has 0 fully saturated rings. The minimum Gasteiger partial charge on any atom is -0.496 e. The Kier molecular flexibility index (Phi) is 3.81. The van der Waals surface area contributed by atoms with Crippen LogP contribution in [-0.2, 0) is 0 Å². The molecule has 0 saturated heterocycles. The number of methoxy groups -OCH3 is 1. The molecule has 0 heterocycles. The van der Waals surface area contributed by atoms with E-state index in [-0.39, 0.29) is 0 Å². The van der Waals surface area contributed by atoms with E-state index in [0.717, 1.165) is 11.5 Å². The Morgan fingerprint density at radius 2 is 2.00 bits per heavy atom. The first-order chi connectivity index (χ1) is 6.69.